The number of Topliss-reactive ketones (excluding diaryl/α,β-unsaturated/α-hetero) is 1. The van der Waals surface area contributed by atoms with E-state index in [0.29, 0.717) is 31.0 Å². The van der Waals surface area contributed by atoms with E-state index in [1.807, 2.05) is 0 Å². The summed E-state index contributed by atoms with van der Waals surface area (Å²) in [6.07, 6.45) is 1.11. The molecule has 23 heteroatoms. The molecule has 324 valence electrons. The second-order valence-corrected chi connectivity index (χ2v) is 14.2. The summed E-state index contributed by atoms with van der Waals surface area (Å²) < 4.78 is 0. The fourth-order valence-electron chi connectivity index (χ4n) is 6.45. The molecule has 2 aromatic heterocycles. The number of hydrogen-bond acceptors (Lipinski definition) is 18. The molecule has 1 aliphatic rings. The Labute approximate surface area is 363 Å². The first-order valence-corrected chi connectivity index (χ1v) is 19.2. The number of anilines is 2. The number of ketones is 1. The van der Waals surface area contributed by atoms with Gasteiger partial charge >= 0.3 is 25.8 Å². The van der Waals surface area contributed by atoms with Crippen molar-refractivity contribution in [1.82, 2.24) is 45.3 Å². The monoisotopic (exact) mass is 903 g/mol. The SMILES string of the molecule is C=C([O-])CN1CCN(CC(=O)[O-])CCN(C(CCC(=O)CCCNC(=O)CC[C@H](NC(=O)c2ccc(NCc3cnc4nc(N)[nH]c(=O)c4n3)cc2)C(=O)O)C(=O)[O-])CC1.[Ga+3]. The van der Waals surface area contributed by atoms with Crippen molar-refractivity contribution in [3.05, 3.63) is 64.4 Å². The summed E-state index contributed by atoms with van der Waals surface area (Å²) >= 11 is 0. The third-order valence-corrected chi connectivity index (χ3v) is 9.63. The average molecular weight is 905 g/mol. The number of carbonyl (C=O) groups is 6. The first kappa shape index (κ1) is 49.5. The number of hydrogen-bond donors (Lipinski definition) is 6. The summed E-state index contributed by atoms with van der Waals surface area (Å²) in [5.41, 5.74) is 6.32. The number of carboxylic acid groups (broad SMARTS) is 3. The van der Waals surface area contributed by atoms with Crippen LogP contribution in [0.2, 0.25) is 0 Å². The molecule has 0 aliphatic carbocycles. The van der Waals surface area contributed by atoms with E-state index in [-0.39, 0.29) is 138 Å². The zero-order chi connectivity index (χ0) is 43.8. The van der Waals surface area contributed by atoms with Crippen molar-refractivity contribution in [3.8, 4) is 0 Å². The largest absolute Gasteiger partial charge is 3.00 e. The molecular weight excluding hydrogens is 856 g/mol. The first-order chi connectivity index (χ1) is 28.6. The predicted molar refractivity (Wildman–Crippen MR) is 214 cm³/mol. The fraction of sp³-hybridized carbons (Fsp3) is 0.474. The van der Waals surface area contributed by atoms with Gasteiger partial charge in [-0.05, 0) is 43.5 Å². The molecule has 0 bridgehead atoms. The van der Waals surface area contributed by atoms with Crippen molar-refractivity contribution < 1.29 is 49.2 Å². The number of nitrogens with one attached hydrogen (secondary N) is 4. The second-order valence-electron chi connectivity index (χ2n) is 14.2. The van der Waals surface area contributed by atoms with E-state index in [2.05, 4.69) is 42.5 Å². The van der Waals surface area contributed by atoms with Gasteiger partial charge in [-0.2, -0.15) is 4.98 Å². The summed E-state index contributed by atoms with van der Waals surface area (Å²) in [4.78, 5) is 105. The number of nitrogen functional groups attached to an aromatic ring is 1. The minimum atomic E-state index is -1.39. The maximum Gasteiger partial charge on any atom is 3.00 e. The van der Waals surface area contributed by atoms with Crippen LogP contribution in [0.5, 0.6) is 0 Å². The van der Waals surface area contributed by atoms with Gasteiger partial charge in [0.05, 0.1) is 30.4 Å². The number of amides is 2. The minimum Gasteiger partial charge on any atom is -0.875 e. The quantitative estimate of drug-likeness (QED) is 0.0314. The number of fused-ring (bicyclic) bond motifs is 1. The summed E-state index contributed by atoms with van der Waals surface area (Å²) in [5.74, 6) is -5.86. The van der Waals surface area contributed by atoms with Crippen molar-refractivity contribution in [3.63, 3.8) is 0 Å². The molecule has 1 fully saturated rings. The molecule has 3 heterocycles. The van der Waals surface area contributed by atoms with Crippen LogP contribution in [0.15, 0.2) is 47.6 Å². The number of nitrogens with zero attached hydrogens (tertiary/aromatic N) is 6. The van der Waals surface area contributed by atoms with Crippen LogP contribution < -0.4 is 42.6 Å². The van der Waals surface area contributed by atoms with E-state index < -0.39 is 47.4 Å². The molecule has 1 aromatic carbocycles. The summed E-state index contributed by atoms with van der Waals surface area (Å²) in [7, 11) is 0. The molecule has 61 heavy (non-hydrogen) atoms. The molecule has 7 N–H and O–H groups in total. The molecule has 3 aromatic rings. The minimum absolute atomic E-state index is 0. The molecule has 22 nitrogen and oxygen atoms in total. The topological polar surface area (TPSA) is 335 Å². The van der Waals surface area contributed by atoms with Gasteiger partial charge < -0.3 is 51.7 Å². The van der Waals surface area contributed by atoms with E-state index in [9.17, 15) is 54.0 Å². The molecule has 0 saturated carbocycles. The zero-order valence-corrected chi connectivity index (χ0v) is 35.9. The van der Waals surface area contributed by atoms with E-state index in [1.54, 1.807) is 26.8 Å². The number of carboxylic acids is 3. The number of benzene rings is 1. The second kappa shape index (κ2) is 24.4. The molecule has 2 atom stereocenters. The van der Waals surface area contributed by atoms with Gasteiger partial charge in [0.1, 0.15) is 11.8 Å². The number of rotatable bonds is 22. The average Bonchev–Trinajstić information content (AvgIpc) is 3.27. The maximum atomic E-state index is 12.8. The third-order valence-electron chi connectivity index (χ3n) is 9.63. The van der Waals surface area contributed by atoms with Gasteiger partial charge in [0, 0.05) is 95.5 Å². The van der Waals surface area contributed by atoms with Gasteiger partial charge in [-0.15, -0.1) is 12.3 Å². The van der Waals surface area contributed by atoms with Gasteiger partial charge in [0.15, 0.2) is 11.2 Å². The Balaban J connectivity index is 0.00000992. The summed E-state index contributed by atoms with van der Waals surface area (Å²) in [6.45, 7) is 4.95. The number of nitrogens with two attached hydrogens (primary N) is 1. The fourth-order valence-corrected chi connectivity index (χ4v) is 6.45. The van der Waals surface area contributed by atoms with E-state index in [4.69, 9.17) is 5.73 Å². The summed E-state index contributed by atoms with van der Waals surface area (Å²) in [6, 6.07) is 3.61. The van der Waals surface area contributed by atoms with Gasteiger partial charge in [0.2, 0.25) is 11.9 Å². The predicted octanol–water partition coefficient (Wildman–Crippen LogP) is -4.60. The van der Waals surface area contributed by atoms with E-state index in [0.717, 1.165) is 0 Å². The first-order valence-electron chi connectivity index (χ1n) is 19.2. The van der Waals surface area contributed by atoms with Crippen LogP contribution >= 0.6 is 0 Å². The Morgan fingerprint density at radius 2 is 1.56 bits per heavy atom. The normalized spacial score (nSPS) is 14.9. The van der Waals surface area contributed by atoms with Crippen molar-refractivity contribution in [2.75, 3.05) is 70.0 Å². The van der Waals surface area contributed by atoms with Crippen LogP contribution in [0.4, 0.5) is 11.6 Å². The van der Waals surface area contributed by atoms with Crippen LogP contribution in [-0.4, -0.2) is 166 Å². The van der Waals surface area contributed by atoms with Gasteiger partial charge in [-0.1, -0.05) is 0 Å². The van der Waals surface area contributed by atoms with Gasteiger partial charge in [-0.25, -0.2) is 14.8 Å². The Morgan fingerprint density at radius 3 is 2.18 bits per heavy atom. The molecule has 0 spiro atoms. The number of H-pyrrole nitrogens is 1. The molecular formula is C38H48GaN11O11. The standard InChI is InChI=1S/C38H51N11O11.Ga/c1-23(50)21-47-13-14-48(22-31(53)54)16-18-49(17-15-47)29(37(59)60)10-8-27(51)3-2-12-40-30(52)11-9-28(36(57)58)44-34(55)24-4-6-25(7-5-24)41-19-26-20-42-33-32(43-26)35(56)46-38(39)45-33;/h4-7,20,28-29,41,50H,1-3,8-19,21-22H2,(H,40,52)(H,44,55)(H,53,54)(H,57,58)(H,59,60)(H3,39,42,45,46,56);/q;+3/p-3/t28-,29?;/m0./s1. The number of aliphatic carboxylic acids is 3. The van der Waals surface area contributed by atoms with Crippen molar-refractivity contribution >= 4 is 78.1 Å². The van der Waals surface area contributed by atoms with Crippen LogP contribution in [0.3, 0.4) is 0 Å². The molecule has 4 rings (SSSR count). The Bertz CT molecular complexity index is 2060. The van der Waals surface area contributed by atoms with Crippen LogP contribution in [0, 0.1) is 0 Å². The van der Waals surface area contributed by atoms with Crippen LogP contribution in [0.1, 0.15) is 54.6 Å². The smallest absolute Gasteiger partial charge is 0.875 e. The Morgan fingerprint density at radius 1 is 0.902 bits per heavy atom. The summed E-state index contributed by atoms with van der Waals surface area (Å²) in [5, 5.41) is 52.9. The zero-order valence-electron chi connectivity index (χ0n) is 33.4. The van der Waals surface area contributed by atoms with E-state index >= 15 is 0 Å². The van der Waals surface area contributed by atoms with Crippen molar-refractivity contribution in [1.29, 1.82) is 0 Å². The third kappa shape index (κ3) is 16.6. The Kier molecular flexibility index (Phi) is 19.8. The Hall–Kier alpha value is -5.88. The molecule has 0 radical (unpaired) electrons. The van der Waals surface area contributed by atoms with Crippen molar-refractivity contribution in [2.45, 2.75) is 57.2 Å². The van der Waals surface area contributed by atoms with Gasteiger partial charge in [-0.3, -0.25) is 38.9 Å². The molecule has 1 aliphatic heterocycles. The maximum absolute atomic E-state index is 12.8. The number of aromatic amines is 1. The number of aromatic nitrogens is 4. The number of carbonyl (C=O) groups excluding carboxylic acids is 5. The van der Waals surface area contributed by atoms with E-state index in [1.165, 1.54) is 18.3 Å². The molecule has 1 unspecified atom stereocenters. The molecule has 1 saturated heterocycles. The molecule has 2 amide bonds. The van der Waals surface area contributed by atoms with Gasteiger partial charge in [0.25, 0.3) is 11.5 Å². The van der Waals surface area contributed by atoms with Crippen LogP contribution in [0.25, 0.3) is 11.2 Å². The van der Waals surface area contributed by atoms with Crippen molar-refractivity contribution in [2.24, 2.45) is 0 Å². The van der Waals surface area contributed by atoms with Crippen LogP contribution in [-0.2, 0) is 30.5 Å².